The lowest BCUT2D eigenvalue weighted by Gasteiger charge is -2.30. The summed E-state index contributed by atoms with van der Waals surface area (Å²) in [6, 6.07) is 0. The average Bonchev–Trinajstić information content (AvgIpc) is 2.62. The summed E-state index contributed by atoms with van der Waals surface area (Å²) in [5.41, 5.74) is 5.36. The van der Waals surface area contributed by atoms with Crippen LogP contribution in [0.1, 0.15) is 47.0 Å². The van der Waals surface area contributed by atoms with Gasteiger partial charge in [-0.1, -0.05) is 27.7 Å². The Morgan fingerprint density at radius 3 is 2.28 bits per heavy atom. The van der Waals surface area contributed by atoms with E-state index in [0.717, 1.165) is 45.4 Å². The Balaban J connectivity index is 2.53. The van der Waals surface area contributed by atoms with Gasteiger partial charge in [-0.3, -0.25) is 4.79 Å². The first kappa shape index (κ1) is 15.4. The fraction of sp³-hybridized carbons (Fsp3) is 0.929. The van der Waals surface area contributed by atoms with E-state index in [1.807, 2.05) is 0 Å². The summed E-state index contributed by atoms with van der Waals surface area (Å²) in [6.45, 7) is 12.6. The van der Waals surface area contributed by atoms with E-state index in [1.54, 1.807) is 0 Å². The topological polar surface area (TPSA) is 58.4 Å². The molecule has 4 heteroatoms. The van der Waals surface area contributed by atoms with E-state index in [1.165, 1.54) is 0 Å². The van der Waals surface area contributed by atoms with Gasteiger partial charge in [0.2, 0.25) is 5.91 Å². The van der Waals surface area contributed by atoms with Crippen molar-refractivity contribution in [3.8, 4) is 0 Å². The van der Waals surface area contributed by atoms with E-state index in [9.17, 15) is 4.79 Å². The predicted molar refractivity (Wildman–Crippen MR) is 75.3 cm³/mol. The maximum absolute atomic E-state index is 11.8. The molecule has 3 N–H and O–H groups in total. The molecular weight excluding hydrogens is 226 g/mol. The number of nitrogens with one attached hydrogen (secondary N) is 1. The number of carbonyl (C=O) groups excluding carboxylic acids is 1. The van der Waals surface area contributed by atoms with Crippen molar-refractivity contribution in [3.63, 3.8) is 0 Å². The Kier molecular flexibility index (Phi) is 5.17. The van der Waals surface area contributed by atoms with Gasteiger partial charge in [0.15, 0.2) is 0 Å². The number of hydrogen-bond acceptors (Lipinski definition) is 3. The smallest absolute Gasteiger partial charge is 0.237 e. The lowest BCUT2D eigenvalue weighted by atomic mass is 9.87. The third kappa shape index (κ3) is 3.69. The first-order chi connectivity index (χ1) is 8.35. The summed E-state index contributed by atoms with van der Waals surface area (Å²) in [5, 5.41) is 3.43. The van der Waals surface area contributed by atoms with Gasteiger partial charge in [0, 0.05) is 13.1 Å². The lowest BCUT2D eigenvalue weighted by molar-refractivity contribution is -0.124. The summed E-state index contributed by atoms with van der Waals surface area (Å²) in [5.74, 6) is -0.187. The zero-order valence-electron chi connectivity index (χ0n) is 12.4. The molecule has 1 rings (SSSR count). The molecule has 0 aromatic carbocycles. The first-order valence-electron chi connectivity index (χ1n) is 7.12. The molecule has 0 saturated heterocycles. The number of amides is 1. The molecule has 1 saturated carbocycles. The van der Waals surface area contributed by atoms with Crippen LogP contribution in [0.25, 0.3) is 0 Å². The quantitative estimate of drug-likeness (QED) is 0.722. The van der Waals surface area contributed by atoms with Crippen molar-refractivity contribution in [2.75, 3.05) is 26.2 Å². The Morgan fingerprint density at radius 2 is 1.89 bits per heavy atom. The molecule has 0 radical (unpaired) electrons. The number of primary amides is 1. The van der Waals surface area contributed by atoms with Gasteiger partial charge >= 0.3 is 0 Å². The monoisotopic (exact) mass is 255 g/mol. The summed E-state index contributed by atoms with van der Waals surface area (Å²) in [6.07, 6.45) is 2.79. The highest BCUT2D eigenvalue weighted by Gasteiger charge is 2.46. The standard InChI is InChI=1S/C14H29N3O/c1-5-17(6-2)10-9-16-14(12(15)18)8-7-13(3,4)11-14/h16H,5-11H2,1-4H3,(H2,15,18). The van der Waals surface area contributed by atoms with Gasteiger partial charge in [-0.25, -0.2) is 0 Å². The summed E-state index contributed by atoms with van der Waals surface area (Å²) >= 11 is 0. The predicted octanol–water partition coefficient (Wildman–Crippen LogP) is 1.35. The molecule has 0 aromatic rings. The summed E-state index contributed by atoms with van der Waals surface area (Å²) < 4.78 is 0. The van der Waals surface area contributed by atoms with Crippen LogP contribution < -0.4 is 11.1 Å². The largest absolute Gasteiger partial charge is 0.368 e. The van der Waals surface area contributed by atoms with Gasteiger partial charge in [-0.15, -0.1) is 0 Å². The molecule has 0 aliphatic heterocycles. The summed E-state index contributed by atoms with van der Waals surface area (Å²) in [7, 11) is 0. The molecule has 1 amide bonds. The van der Waals surface area contributed by atoms with E-state index in [2.05, 4.69) is 37.9 Å². The number of carbonyl (C=O) groups is 1. The van der Waals surface area contributed by atoms with E-state index < -0.39 is 5.54 Å². The maximum Gasteiger partial charge on any atom is 0.237 e. The Bertz CT molecular complexity index is 287. The van der Waals surface area contributed by atoms with Crippen molar-refractivity contribution in [1.82, 2.24) is 10.2 Å². The highest BCUT2D eigenvalue weighted by molar-refractivity contribution is 5.85. The minimum Gasteiger partial charge on any atom is -0.368 e. The number of nitrogens with two attached hydrogens (primary N) is 1. The minimum atomic E-state index is -0.476. The molecular formula is C14H29N3O. The SMILES string of the molecule is CCN(CC)CCNC1(C(N)=O)CCC(C)(C)C1. The highest BCUT2D eigenvalue weighted by Crippen LogP contribution is 2.43. The third-order valence-electron chi connectivity index (χ3n) is 4.27. The number of nitrogens with zero attached hydrogens (tertiary/aromatic N) is 1. The Labute approximate surface area is 111 Å². The maximum atomic E-state index is 11.8. The van der Waals surface area contributed by atoms with E-state index >= 15 is 0 Å². The summed E-state index contributed by atoms with van der Waals surface area (Å²) in [4.78, 5) is 14.1. The molecule has 1 fully saturated rings. The molecule has 106 valence electrons. The minimum absolute atomic E-state index is 0.187. The van der Waals surface area contributed by atoms with Gasteiger partial charge < -0.3 is 16.0 Å². The van der Waals surface area contributed by atoms with Gasteiger partial charge in [0.25, 0.3) is 0 Å². The Morgan fingerprint density at radius 1 is 1.28 bits per heavy atom. The van der Waals surface area contributed by atoms with Crippen LogP contribution in [0.3, 0.4) is 0 Å². The molecule has 18 heavy (non-hydrogen) atoms. The fourth-order valence-electron chi connectivity index (χ4n) is 2.99. The number of hydrogen-bond donors (Lipinski definition) is 2. The van der Waals surface area contributed by atoms with Crippen LogP contribution in [0.4, 0.5) is 0 Å². The normalized spacial score (nSPS) is 26.7. The van der Waals surface area contributed by atoms with Crippen molar-refractivity contribution in [2.24, 2.45) is 11.1 Å². The van der Waals surface area contributed by atoms with Crippen LogP contribution in [0.15, 0.2) is 0 Å². The number of rotatable bonds is 7. The van der Waals surface area contributed by atoms with Crippen LogP contribution in [0.5, 0.6) is 0 Å². The molecule has 1 aliphatic carbocycles. The molecule has 1 aliphatic rings. The van der Waals surface area contributed by atoms with Crippen molar-refractivity contribution in [2.45, 2.75) is 52.5 Å². The van der Waals surface area contributed by atoms with Crippen LogP contribution in [0, 0.1) is 5.41 Å². The van der Waals surface area contributed by atoms with Crippen molar-refractivity contribution in [1.29, 1.82) is 0 Å². The van der Waals surface area contributed by atoms with Gasteiger partial charge in [0.1, 0.15) is 0 Å². The second-order valence-electron chi connectivity index (χ2n) is 6.24. The fourth-order valence-corrected chi connectivity index (χ4v) is 2.99. The third-order valence-corrected chi connectivity index (χ3v) is 4.27. The van der Waals surface area contributed by atoms with Crippen LogP contribution in [0.2, 0.25) is 0 Å². The first-order valence-corrected chi connectivity index (χ1v) is 7.12. The van der Waals surface area contributed by atoms with Crippen molar-refractivity contribution >= 4 is 5.91 Å². The zero-order valence-corrected chi connectivity index (χ0v) is 12.4. The van der Waals surface area contributed by atoms with E-state index in [4.69, 9.17) is 5.73 Å². The molecule has 1 unspecified atom stereocenters. The molecule has 4 nitrogen and oxygen atoms in total. The molecule has 0 aromatic heterocycles. The highest BCUT2D eigenvalue weighted by atomic mass is 16.1. The van der Waals surface area contributed by atoms with E-state index in [0.29, 0.717) is 0 Å². The zero-order chi connectivity index (χ0) is 13.8. The van der Waals surface area contributed by atoms with Crippen molar-refractivity contribution in [3.05, 3.63) is 0 Å². The molecule has 1 atom stereocenters. The number of likely N-dealkylation sites (N-methyl/N-ethyl adjacent to an activating group) is 1. The lowest BCUT2D eigenvalue weighted by Crippen LogP contribution is -2.55. The van der Waals surface area contributed by atoms with Crippen molar-refractivity contribution < 1.29 is 4.79 Å². The van der Waals surface area contributed by atoms with Crippen LogP contribution in [-0.2, 0) is 4.79 Å². The Hall–Kier alpha value is -0.610. The van der Waals surface area contributed by atoms with Crippen LogP contribution in [-0.4, -0.2) is 42.5 Å². The van der Waals surface area contributed by atoms with Crippen LogP contribution >= 0.6 is 0 Å². The van der Waals surface area contributed by atoms with Gasteiger partial charge in [-0.05, 0) is 37.8 Å². The molecule has 0 spiro atoms. The average molecular weight is 255 g/mol. The van der Waals surface area contributed by atoms with E-state index in [-0.39, 0.29) is 11.3 Å². The molecule has 0 heterocycles. The molecule has 0 bridgehead atoms. The second kappa shape index (κ2) is 6.02. The van der Waals surface area contributed by atoms with Gasteiger partial charge in [-0.2, -0.15) is 0 Å². The second-order valence-corrected chi connectivity index (χ2v) is 6.24. The van der Waals surface area contributed by atoms with Gasteiger partial charge in [0.05, 0.1) is 5.54 Å².